The maximum absolute atomic E-state index is 12.4. The fourth-order valence-electron chi connectivity index (χ4n) is 3.47. The molecule has 0 aliphatic carbocycles. The maximum Gasteiger partial charge on any atom is 0.410 e. The lowest BCUT2D eigenvalue weighted by molar-refractivity contribution is 0.0214. The summed E-state index contributed by atoms with van der Waals surface area (Å²) in [6.45, 7) is 16.9. The van der Waals surface area contributed by atoms with Crippen LogP contribution in [0.15, 0.2) is 4.99 Å². The van der Waals surface area contributed by atoms with Crippen LogP contribution in [0, 0.1) is 5.92 Å². The molecule has 1 N–H and O–H groups in total. The van der Waals surface area contributed by atoms with Crippen molar-refractivity contribution in [3.63, 3.8) is 0 Å². The van der Waals surface area contributed by atoms with Crippen LogP contribution in [0.2, 0.25) is 0 Å². The number of aliphatic imine (C=N–C) groups is 1. The largest absolute Gasteiger partial charge is 0.444 e. The molecule has 182 valence electrons. The summed E-state index contributed by atoms with van der Waals surface area (Å²) in [6.07, 6.45) is 3.92. The van der Waals surface area contributed by atoms with Gasteiger partial charge in [0.15, 0.2) is 5.96 Å². The Kier molecular flexibility index (Phi) is 13.6. The molecule has 0 radical (unpaired) electrons. The van der Waals surface area contributed by atoms with Gasteiger partial charge in [0, 0.05) is 53.0 Å². The van der Waals surface area contributed by atoms with Crippen LogP contribution in [0.4, 0.5) is 4.79 Å². The third kappa shape index (κ3) is 12.2. The quantitative estimate of drug-likeness (QED) is 0.284. The van der Waals surface area contributed by atoms with Crippen LogP contribution in [-0.4, -0.2) is 93.7 Å². The van der Waals surface area contributed by atoms with Crippen molar-refractivity contribution in [1.29, 1.82) is 0 Å². The molecule has 0 aromatic carbocycles. The number of nitrogens with zero attached hydrogens (tertiary/aromatic N) is 3. The van der Waals surface area contributed by atoms with E-state index < -0.39 is 5.60 Å². The molecule has 1 aliphatic rings. The van der Waals surface area contributed by atoms with Crippen molar-refractivity contribution in [3.05, 3.63) is 0 Å². The maximum atomic E-state index is 12.4. The highest BCUT2D eigenvalue weighted by Crippen LogP contribution is 2.20. The summed E-state index contributed by atoms with van der Waals surface area (Å²) >= 11 is 0. The number of amides is 1. The molecule has 0 bridgehead atoms. The van der Waals surface area contributed by atoms with Crippen molar-refractivity contribution in [2.75, 3.05) is 66.2 Å². The molecule has 0 saturated carbocycles. The second kappa shape index (κ2) is 15.3. The van der Waals surface area contributed by atoms with Crippen molar-refractivity contribution in [2.45, 2.75) is 65.9 Å². The van der Waals surface area contributed by atoms with Gasteiger partial charge < -0.3 is 29.3 Å². The van der Waals surface area contributed by atoms with E-state index in [1.807, 2.05) is 32.6 Å². The van der Waals surface area contributed by atoms with E-state index in [2.05, 4.69) is 17.1 Å². The number of rotatable bonds is 12. The van der Waals surface area contributed by atoms with Gasteiger partial charge in [0.25, 0.3) is 0 Å². The Morgan fingerprint density at radius 2 is 1.84 bits per heavy atom. The molecule has 1 saturated heterocycles. The fraction of sp³-hybridized carbons (Fsp3) is 0.913. The Morgan fingerprint density at radius 3 is 2.42 bits per heavy atom. The second-order valence-corrected chi connectivity index (χ2v) is 9.00. The van der Waals surface area contributed by atoms with Gasteiger partial charge in [-0.3, -0.25) is 4.99 Å². The number of methoxy groups -OCH3 is 1. The summed E-state index contributed by atoms with van der Waals surface area (Å²) in [6, 6.07) is 0. The normalized spacial score (nSPS) is 15.8. The number of piperidine rings is 1. The molecule has 8 heteroatoms. The van der Waals surface area contributed by atoms with E-state index in [0.29, 0.717) is 25.7 Å². The van der Waals surface area contributed by atoms with Gasteiger partial charge in [-0.1, -0.05) is 0 Å². The Balaban J connectivity index is 2.41. The van der Waals surface area contributed by atoms with E-state index >= 15 is 0 Å². The van der Waals surface area contributed by atoms with Gasteiger partial charge in [0.2, 0.25) is 0 Å². The summed E-state index contributed by atoms with van der Waals surface area (Å²) in [4.78, 5) is 21.4. The first-order valence-corrected chi connectivity index (χ1v) is 11.9. The molecule has 0 spiro atoms. The van der Waals surface area contributed by atoms with E-state index in [0.717, 1.165) is 71.0 Å². The zero-order valence-corrected chi connectivity index (χ0v) is 20.7. The zero-order chi connectivity index (χ0) is 23.1. The van der Waals surface area contributed by atoms with Crippen LogP contribution < -0.4 is 5.32 Å². The summed E-state index contributed by atoms with van der Waals surface area (Å²) in [5, 5.41) is 3.43. The van der Waals surface area contributed by atoms with Crippen LogP contribution in [-0.2, 0) is 14.2 Å². The van der Waals surface area contributed by atoms with Crippen molar-refractivity contribution >= 4 is 12.1 Å². The average molecular weight is 443 g/mol. The van der Waals surface area contributed by atoms with Crippen molar-refractivity contribution in [2.24, 2.45) is 10.9 Å². The highest BCUT2D eigenvalue weighted by Gasteiger charge is 2.27. The Morgan fingerprint density at radius 1 is 1.13 bits per heavy atom. The van der Waals surface area contributed by atoms with Gasteiger partial charge >= 0.3 is 6.09 Å². The summed E-state index contributed by atoms with van der Waals surface area (Å²) in [7, 11) is 1.68. The SMILES string of the molecule is CCNC(=NCCCCOCCOC)N1CCC(CN(CC)C(=O)OC(C)(C)C)CC1. The minimum absolute atomic E-state index is 0.210. The molecule has 1 aliphatic heterocycles. The van der Waals surface area contributed by atoms with Gasteiger partial charge in [-0.05, 0) is 66.2 Å². The number of ether oxygens (including phenoxy) is 3. The van der Waals surface area contributed by atoms with Gasteiger partial charge in [-0.15, -0.1) is 0 Å². The molecule has 0 aromatic heterocycles. The number of hydrogen-bond donors (Lipinski definition) is 1. The monoisotopic (exact) mass is 442 g/mol. The molecule has 1 heterocycles. The van der Waals surface area contributed by atoms with Gasteiger partial charge in [0.05, 0.1) is 13.2 Å². The highest BCUT2D eigenvalue weighted by atomic mass is 16.6. The molecule has 31 heavy (non-hydrogen) atoms. The number of carbonyl (C=O) groups is 1. The number of hydrogen-bond acceptors (Lipinski definition) is 5. The van der Waals surface area contributed by atoms with Crippen LogP contribution in [0.1, 0.15) is 60.3 Å². The molecule has 0 aromatic rings. The smallest absolute Gasteiger partial charge is 0.410 e. The van der Waals surface area contributed by atoms with Gasteiger partial charge in [-0.25, -0.2) is 4.79 Å². The molecule has 1 fully saturated rings. The average Bonchev–Trinajstić information content (AvgIpc) is 2.72. The second-order valence-electron chi connectivity index (χ2n) is 9.00. The predicted octanol–water partition coefficient (Wildman–Crippen LogP) is 3.36. The lowest BCUT2D eigenvalue weighted by atomic mass is 9.96. The highest BCUT2D eigenvalue weighted by molar-refractivity contribution is 5.80. The first-order valence-electron chi connectivity index (χ1n) is 11.9. The molecule has 1 rings (SSSR count). The third-order valence-corrected chi connectivity index (χ3v) is 5.15. The van der Waals surface area contributed by atoms with E-state index in [1.54, 1.807) is 7.11 Å². The lowest BCUT2D eigenvalue weighted by Crippen LogP contribution is -2.48. The van der Waals surface area contributed by atoms with E-state index in [4.69, 9.17) is 19.2 Å². The summed E-state index contributed by atoms with van der Waals surface area (Å²) in [5.41, 5.74) is -0.457. The van der Waals surface area contributed by atoms with Crippen LogP contribution >= 0.6 is 0 Å². The molecule has 0 atom stereocenters. The van der Waals surface area contributed by atoms with E-state index in [9.17, 15) is 4.79 Å². The first kappa shape index (κ1) is 27.5. The number of guanidine groups is 1. The minimum atomic E-state index is -0.457. The fourth-order valence-corrected chi connectivity index (χ4v) is 3.47. The van der Waals surface area contributed by atoms with Gasteiger partial charge in [-0.2, -0.15) is 0 Å². The number of carbonyl (C=O) groups excluding carboxylic acids is 1. The Bertz CT molecular complexity index is 514. The molecule has 1 amide bonds. The minimum Gasteiger partial charge on any atom is -0.444 e. The van der Waals surface area contributed by atoms with Crippen LogP contribution in [0.3, 0.4) is 0 Å². The Labute approximate surface area is 189 Å². The molecule has 0 unspecified atom stereocenters. The molecular weight excluding hydrogens is 396 g/mol. The van der Waals surface area contributed by atoms with Crippen molar-refractivity contribution in [3.8, 4) is 0 Å². The molecule has 8 nitrogen and oxygen atoms in total. The Hall–Kier alpha value is -1.54. The van der Waals surface area contributed by atoms with Gasteiger partial charge in [0.1, 0.15) is 5.60 Å². The van der Waals surface area contributed by atoms with Crippen molar-refractivity contribution < 1.29 is 19.0 Å². The third-order valence-electron chi connectivity index (χ3n) is 5.15. The predicted molar refractivity (Wildman–Crippen MR) is 126 cm³/mol. The topological polar surface area (TPSA) is 75.6 Å². The lowest BCUT2D eigenvalue weighted by Gasteiger charge is -2.36. The zero-order valence-electron chi connectivity index (χ0n) is 20.7. The standard InChI is InChI=1S/C23H46N4O4/c1-7-24-21(25-13-9-10-16-30-18-17-29-6)27-14-11-20(12-15-27)19-26(8-2)22(28)31-23(3,4)5/h20H,7-19H2,1-6H3,(H,24,25). The van der Waals surface area contributed by atoms with E-state index in [-0.39, 0.29) is 6.09 Å². The van der Waals surface area contributed by atoms with E-state index in [1.165, 1.54) is 0 Å². The first-order chi connectivity index (χ1) is 14.8. The molecular formula is C23H46N4O4. The number of nitrogens with one attached hydrogen (secondary N) is 1. The summed E-state index contributed by atoms with van der Waals surface area (Å²) < 4.78 is 16.0. The van der Waals surface area contributed by atoms with Crippen LogP contribution in [0.5, 0.6) is 0 Å². The van der Waals surface area contributed by atoms with Crippen molar-refractivity contribution in [1.82, 2.24) is 15.1 Å². The summed E-state index contributed by atoms with van der Waals surface area (Å²) in [5.74, 6) is 1.50. The number of unbranched alkanes of at least 4 members (excludes halogenated alkanes) is 1. The van der Waals surface area contributed by atoms with Crippen LogP contribution in [0.25, 0.3) is 0 Å². The number of likely N-dealkylation sites (tertiary alicyclic amines) is 1.